The number of nitriles is 1. The van der Waals surface area contributed by atoms with Crippen LogP contribution in [0.4, 0.5) is 0 Å². The summed E-state index contributed by atoms with van der Waals surface area (Å²) in [5.74, 6) is -0.458. The lowest BCUT2D eigenvalue weighted by molar-refractivity contribution is -0.186. The summed E-state index contributed by atoms with van der Waals surface area (Å²) in [6.45, 7) is 1.20. The van der Waals surface area contributed by atoms with E-state index in [0.29, 0.717) is 26.1 Å². The number of allylic oxidation sites excluding steroid dienone is 2. The number of carbonyl (C=O) groups is 1. The molecule has 19 heavy (non-hydrogen) atoms. The molecule has 0 bridgehead atoms. The van der Waals surface area contributed by atoms with Crippen molar-refractivity contribution in [2.75, 3.05) is 20.3 Å². The third kappa shape index (κ3) is 2.96. The highest BCUT2D eigenvalue weighted by molar-refractivity contribution is 5.69. The number of hydrogen-bond acceptors (Lipinski definition) is 5. The molecule has 1 saturated carbocycles. The van der Waals surface area contributed by atoms with Crippen molar-refractivity contribution in [1.29, 1.82) is 5.26 Å². The Morgan fingerprint density at radius 1 is 1.53 bits per heavy atom. The van der Waals surface area contributed by atoms with Crippen LogP contribution in [0.3, 0.4) is 0 Å². The first-order valence-electron chi connectivity index (χ1n) is 6.61. The molecule has 1 aliphatic heterocycles. The van der Waals surface area contributed by atoms with Crippen molar-refractivity contribution in [3.8, 4) is 6.07 Å². The van der Waals surface area contributed by atoms with Gasteiger partial charge in [0.25, 0.3) is 0 Å². The average molecular weight is 265 g/mol. The molecule has 2 atom stereocenters. The van der Waals surface area contributed by atoms with Gasteiger partial charge in [-0.1, -0.05) is 6.08 Å². The molecule has 5 nitrogen and oxygen atoms in total. The van der Waals surface area contributed by atoms with Crippen molar-refractivity contribution < 1.29 is 19.0 Å². The Labute approximate surface area is 113 Å². The van der Waals surface area contributed by atoms with Crippen molar-refractivity contribution in [3.63, 3.8) is 0 Å². The third-order valence-corrected chi connectivity index (χ3v) is 4.01. The molecule has 0 amide bonds. The van der Waals surface area contributed by atoms with Gasteiger partial charge in [0.05, 0.1) is 26.4 Å². The normalized spacial score (nSPS) is 28.8. The second kappa shape index (κ2) is 6.18. The number of carbonyl (C=O) groups excluding carboxylic acids is 1. The SMILES string of the molecule is COC(=O)CC1CCC2(OCCO2)C1C/C=C/C#N. The van der Waals surface area contributed by atoms with E-state index < -0.39 is 5.79 Å². The van der Waals surface area contributed by atoms with E-state index in [1.54, 1.807) is 0 Å². The average Bonchev–Trinajstić information content (AvgIpc) is 3.01. The molecular formula is C14H19NO4. The molecule has 104 valence electrons. The monoisotopic (exact) mass is 265 g/mol. The van der Waals surface area contributed by atoms with Gasteiger partial charge in [0, 0.05) is 24.8 Å². The van der Waals surface area contributed by atoms with Crippen LogP contribution in [0, 0.1) is 23.2 Å². The van der Waals surface area contributed by atoms with Gasteiger partial charge in [-0.15, -0.1) is 0 Å². The summed E-state index contributed by atoms with van der Waals surface area (Å²) in [5, 5.41) is 8.57. The number of methoxy groups -OCH3 is 1. The number of ether oxygens (including phenoxy) is 3. The van der Waals surface area contributed by atoms with Crippen LogP contribution in [0.25, 0.3) is 0 Å². The first-order chi connectivity index (χ1) is 9.22. The lowest BCUT2D eigenvalue weighted by Gasteiger charge is -2.31. The highest BCUT2D eigenvalue weighted by Crippen LogP contribution is 2.49. The molecule has 2 aliphatic rings. The molecule has 5 heteroatoms. The summed E-state index contributed by atoms with van der Waals surface area (Å²) >= 11 is 0. The molecule has 0 aromatic heterocycles. The number of rotatable bonds is 4. The fourth-order valence-corrected chi connectivity index (χ4v) is 3.14. The first-order valence-corrected chi connectivity index (χ1v) is 6.61. The molecule has 1 heterocycles. The predicted octanol–water partition coefficient (Wildman–Crippen LogP) is 1.79. The Bertz CT molecular complexity index is 393. The topological polar surface area (TPSA) is 68.6 Å². The molecule has 1 spiro atoms. The molecule has 1 saturated heterocycles. The van der Waals surface area contributed by atoms with Crippen molar-refractivity contribution in [2.24, 2.45) is 11.8 Å². The summed E-state index contributed by atoms with van der Waals surface area (Å²) in [4.78, 5) is 11.5. The fourth-order valence-electron chi connectivity index (χ4n) is 3.14. The molecular weight excluding hydrogens is 246 g/mol. The minimum atomic E-state index is -0.557. The minimum Gasteiger partial charge on any atom is -0.469 e. The van der Waals surface area contributed by atoms with Gasteiger partial charge >= 0.3 is 5.97 Å². The maximum Gasteiger partial charge on any atom is 0.305 e. The molecule has 0 aromatic carbocycles. The van der Waals surface area contributed by atoms with E-state index in [1.165, 1.54) is 13.2 Å². The zero-order valence-electron chi connectivity index (χ0n) is 11.1. The quantitative estimate of drug-likeness (QED) is 0.572. The van der Waals surface area contributed by atoms with E-state index in [1.807, 2.05) is 12.1 Å². The van der Waals surface area contributed by atoms with Crippen LogP contribution < -0.4 is 0 Å². The van der Waals surface area contributed by atoms with Gasteiger partial charge in [-0.25, -0.2) is 0 Å². The smallest absolute Gasteiger partial charge is 0.305 e. The molecule has 0 aromatic rings. The Hall–Kier alpha value is -1.38. The predicted molar refractivity (Wildman–Crippen MR) is 66.9 cm³/mol. The van der Waals surface area contributed by atoms with E-state index in [4.69, 9.17) is 19.5 Å². The minimum absolute atomic E-state index is 0.110. The van der Waals surface area contributed by atoms with Crippen molar-refractivity contribution in [2.45, 2.75) is 31.5 Å². The van der Waals surface area contributed by atoms with Crippen LogP contribution >= 0.6 is 0 Å². The van der Waals surface area contributed by atoms with E-state index in [2.05, 4.69) is 0 Å². The molecule has 0 N–H and O–H groups in total. The molecule has 2 unspecified atom stereocenters. The van der Waals surface area contributed by atoms with Gasteiger partial charge in [0.15, 0.2) is 5.79 Å². The number of esters is 1. The lowest BCUT2D eigenvalue weighted by atomic mass is 9.87. The van der Waals surface area contributed by atoms with Gasteiger partial charge in [0.2, 0.25) is 0 Å². The van der Waals surface area contributed by atoms with Crippen LogP contribution in [0.2, 0.25) is 0 Å². The van der Waals surface area contributed by atoms with Crippen LogP contribution in [-0.4, -0.2) is 32.1 Å². The maximum absolute atomic E-state index is 11.5. The van der Waals surface area contributed by atoms with E-state index in [0.717, 1.165) is 12.8 Å². The zero-order chi connectivity index (χ0) is 13.7. The first kappa shape index (κ1) is 14.0. The standard InChI is InChI=1S/C14H19NO4/c1-17-13(16)10-11-5-6-14(18-8-9-19-14)12(11)4-2-3-7-15/h2-3,11-12H,4-6,8-10H2,1H3/b3-2+. The van der Waals surface area contributed by atoms with Gasteiger partial charge in [0.1, 0.15) is 0 Å². The maximum atomic E-state index is 11.5. The zero-order valence-corrected chi connectivity index (χ0v) is 11.1. The highest BCUT2D eigenvalue weighted by Gasteiger charge is 2.52. The summed E-state index contributed by atoms with van der Waals surface area (Å²) in [6.07, 6.45) is 6.06. The molecule has 1 aliphatic carbocycles. The summed E-state index contributed by atoms with van der Waals surface area (Å²) in [6, 6.07) is 1.98. The van der Waals surface area contributed by atoms with E-state index in [-0.39, 0.29) is 17.8 Å². The fraction of sp³-hybridized carbons (Fsp3) is 0.714. The Kier molecular flexibility index (Phi) is 4.56. The largest absolute Gasteiger partial charge is 0.469 e. The van der Waals surface area contributed by atoms with E-state index >= 15 is 0 Å². The number of nitrogens with zero attached hydrogens (tertiary/aromatic N) is 1. The van der Waals surface area contributed by atoms with Crippen molar-refractivity contribution >= 4 is 5.97 Å². The summed E-state index contributed by atoms with van der Waals surface area (Å²) in [7, 11) is 1.40. The second-order valence-corrected chi connectivity index (χ2v) is 4.96. The third-order valence-electron chi connectivity index (χ3n) is 4.01. The summed E-state index contributed by atoms with van der Waals surface area (Å²) in [5.41, 5.74) is 0. The van der Waals surface area contributed by atoms with Crippen LogP contribution in [0.1, 0.15) is 25.7 Å². The summed E-state index contributed by atoms with van der Waals surface area (Å²) < 4.78 is 16.3. The van der Waals surface area contributed by atoms with Gasteiger partial charge in [-0.05, 0) is 18.8 Å². The van der Waals surface area contributed by atoms with E-state index in [9.17, 15) is 4.79 Å². The molecule has 2 fully saturated rings. The highest BCUT2D eigenvalue weighted by atomic mass is 16.7. The Morgan fingerprint density at radius 2 is 2.26 bits per heavy atom. The van der Waals surface area contributed by atoms with Crippen LogP contribution in [0.5, 0.6) is 0 Å². The van der Waals surface area contributed by atoms with Crippen LogP contribution in [-0.2, 0) is 19.0 Å². The van der Waals surface area contributed by atoms with Crippen molar-refractivity contribution in [3.05, 3.63) is 12.2 Å². The Morgan fingerprint density at radius 3 is 2.89 bits per heavy atom. The van der Waals surface area contributed by atoms with Crippen LogP contribution in [0.15, 0.2) is 12.2 Å². The van der Waals surface area contributed by atoms with Gasteiger partial charge < -0.3 is 14.2 Å². The lowest BCUT2D eigenvalue weighted by Crippen LogP contribution is -2.37. The van der Waals surface area contributed by atoms with Gasteiger partial charge in [-0.3, -0.25) is 4.79 Å². The van der Waals surface area contributed by atoms with Gasteiger partial charge in [-0.2, -0.15) is 5.26 Å². The Balaban J connectivity index is 2.08. The molecule has 2 rings (SSSR count). The second-order valence-electron chi connectivity index (χ2n) is 4.96. The molecule has 0 radical (unpaired) electrons. The number of hydrogen-bond donors (Lipinski definition) is 0. The van der Waals surface area contributed by atoms with Crippen molar-refractivity contribution in [1.82, 2.24) is 0 Å².